The molecule has 0 atom stereocenters. The lowest BCUT2D eigenvalue weighted by atomic mass is 10.4. The van der Waals surface area contributed by atoms with Crippen LogP contribution in [0.25, 0.3) is 0 Å². The number of rotatable bonds is 4. The summed E-state index contributed by atoms with van der Waals surface area (Å²) in [7, 11) is -0.161. The van der Waals surface area contributed by atoms with Crippen molar-refractivity contribution in [1.82, 2.24) is 0 Å². The molecule has 0 spiro atoms. The summed E-state index contributed by atoms with van der Waals surface area (Å²) in [6.45, 7) is 1.54. The highest BCUT2D eigenvalue weighted by Gasteiger charge is 2.33. The number of carbonyl (C=O) groups excluding carboxylic acids is 1. The van der Waals surface area contributed by atoms with Gasteiger partial charge in [-0.3, -0.25) is 0 Å². The predicted octanol–water partition coefficient (Wildman–Crippen LogP) is 6.22. The van der Waals surface area contributed by atoms with E-state index in [-0.39, 0.29) is 17.3 Å². The molecule has 3 aromatic rings. The first-order valence-electron chi connectivity index (χ1n) is 8.12. The van der Waals surface area contributed by atoms with Crippen LogP contribution in [0.15, 0.2) is 101 Å². The van der Waals surface area contributed by atoms with Crippen LogP contribution in [0.2, 0.25) is 0 Å². The maximum absolute atomic E-state index is 9.26. The van der Waals surface area contributed by atoms with Gasteiger partial charge in [0, 0.05) is 10.4 Å². The molecule has 0 N–H and O–H groups in total. The molecule has 0 saturated carbocycles. The van der Waals surface area contributed by atoms with Crippen LogP contribution in [0.3, 0.4) is 0 Å². The summed E-state index contributed by atoms with van der Waals surface area (Å²) in [5, 5.41) is 9.26. The molecule has 0 fully saturated rings. The molecule has 2 nitrogen and oxygen atoms in total. The van der Waals surface area contributed by atoms with Crippen LogP contribution in [0.5, 0.6) is 0 Å². The maximum atomic E-state index is 9.26. The maximum Gasteiger partial charge on any atom is 0.194 e. The zero-order chi connectivity index (χ0) is 19.8. The van der Waals surface area contributed by atoms with Gasteiger partial charge in [-0.1, -0.05) is 59.3 Å². The first-order chi connectivity index (χ1) is 12.9. The monoisotopic (exact) mass is 570 g/mol. The van der Waals surface area contributed by atoms with Crippen LogP contribution in [0.4, 0.5) is 0 Å². The Bertz CT molecular complexity index is 824. The van der Waals surface area contributed by atoms with Crippen LogP contribution < -0.4 is 5.11 Å². The normalized spacial score (nSPS) is 10.3. The van der Waals surface area contributed by atoms with Gasteiger partial charge in [-0.05, 0) is 74.7 Å². The summed E-state index contributed by atoms with van der Waals surface area (Å²) in [5.41, 5.74) is 0. The van der Waals surface area contributed by atoms with Crippen molar-refractivity contribution in [1.29, 1.82) is 0 Å². The lowest BCUT2D eigenvalue weighted by Gasteiger charge is -2.11. The molecule has 0 radical (unpaired) electrons. The van der Waals surface area contributed by atoms with Crippen molar-refractivity contribution in [2.45, 2.75) is 28.0 Å². The number of halogens is 3. The summed E-state index contributed by atoms with van der Waals surface area (Å²) in [5.74, 6) is -0.995. The Morgan fingerprint density at radius 2 is 1.22 bits per heavy atom. The van der Waals surface area contributed by atoms with E-state index in [4.69, 9.17) is 0 Å². The first kappa shape index (κ1) is 22.2. The second-order valence-electron chi connectivity index (χ2n) is 5.36. The van der Waals surface area contributed by atoms with Gasteiger partial charge >= 0.3 is 0 Å². The van der Waals surface area contributed by atoms with E-state index >= 15 is 0 Å². The Balaban J connectivity index is 0.000000465. The summed E-state index contributed by atoms with van der Waals surface area (Å²) in [6.07, 6.45) is 0.111. The Hall–Kier alpha value is -1.08. The number of carboxylic acid groups (broad SMARTS) is 1. The zero-order valence-electron chi connectivity index (χ0n) is 14.5. The van der Waals surface area contributed by atoms with Gasteiger partial charge in [-0.15, -0.1) is 0 Å². The third-order valence-electron chi connectivity index (χ3n) is 3.41. The molecule has 27 heavy (non-hydrogen) atoms. The highest BCUT2D eigenvalue weighted by molar-refractivity contribution is 9.11. The van der Waals surface area contributed by atoms with Crippen LogP contribution in [-0.4, -0.2) is 5.97 Å². The molecule has 0 aliphatic rings. The Labute approximate surface area is 187 Å². The number of carbonyl (C=O) groups is 1. The summed E-state index contributed by atoms with van der Waals surface area (Å²) in [4.78, 5) is 13.1. The van der Waals surface area contributed by atoms with E-state index in [9.17, 15) is 9.90 Å². The van der Waals surface area contributed by atoms with Crippen molar-refractivity contribution in [2.24, 2.45) is 0 Å². The average molecular weight is 573 g/mol. The number of aliphatic carboxylic acids is 1. The quantitative estimate of drug-likeness (QED) is 0.348. The third-order valence-corrected chi connectivity index (χ3v) is 7.98. The Morgan fingerprint density at radius 1 is 0.852 bits per heavy atom. The average Bonchev–Trinajstić information content (AvgIpc) is 2.66. The number of hydrogen-bond donors (Lipinski definition) is 0. The first-order valence-corrected chi connectivity index (χ1v) is 11.7. The van der Waals surface area contributed by atoms with E-state index in [1.165, 1.54) is 21.6 Å². The fraction of sp³-hybridized carbons (Fsp3) is 0.0952. The van der Waals surface area contributed by atoms with Crippen LogP contribution in [0, 0.1) is 0 Å². The summed E-state index contributed by atoms with van der Waals surface area (Å²) in [6, 6.07) is 25.5. The minimum atomic E-state index is -0.995. The van der Waals surface area contributed by atoms with Crippen LogP contribution in [0.1, 0.15) is 13.3 Å². The SMILES string of the molecule is Brc1cc(Br)c([S+](c2ccccc2)c2ccccc2)c(Br)c1.CCC(=O)[O-]. The van der Waals surface area contributed by atoms with E-state index in [0.717, 1.165) is 13.4 Å². The van der Waals surface area contributed by atoms with Gasteiger partial charge in [0.05, 0.1) is 8.95 Å². The third kappa shape index (κ3) is 6.49. The zero-order valence-corrected chi connectivity index (χ0v) is 20.1. The van der Waals surface area contributed by atoms with E-state index in [2.05, 4.69) is 121 Å². The smallest absolute Gasteiger partial charge is 0.194 e. The fourth-order valence-corrected chi connectivity index (χ4v) is 7.55. The standard InChI is InChI=1S/C18H12Br3S.C3H6O2/c19-13-11-16(20)18(17(21)12-13)22(14-7-3-1-4-8-14)15-9-5-2-6-10-15;1-2-3(4)5/h1-12H;2H2,1H3,(H,4,5)/q+1;/p-1. The molecule has 0 amide bonds. The Kier molecular flexibility index (Phi) is 9.09. The highest BCUT2D eigenvalue weighted by Crippen LogP contribution is 2.41. The molecule has 0 aliphatic carbocycles. The molecule has 0 aromatic heterocycles. The van der Waals surface area contributed by atoms with Gasteiger partial charge < -0.3 is 9.90 Å². The van der Waals surface area contributed by atoms with Gasteiger partial charge in [-0.25, -0.2) is 0 Å². The Morgan fingerprint density at radius 3 is 1.56 bits per heavy atom. The van der Waals surface area contributed by atoms with Crippen molar-refractivity contribution in [3.05, 3.63) is 86.2 Å². The van der Waals surface area contributed by atoms with Gasteiger partial charge in [-0.2, -0.15) is 0 Å². The molecule has 3 rings (SSSR count). The van der Waals surface area contributed by atoms with E-state index in [1.54, 1.807) is 0 Å². The molecule has 0 bridgehead atoms. The van der Waals surface area contributed by atoms with Crippen molar-refractivity contribution in [3.63, 3.8) is 0 Å². The van der Waals surface area contributed by atoms with E-state index < -0.39 is 5.97 Å². The van der Waals surface area contributed by atoms with E-state index in [1.807, 2.05) is 0 Å². The van der Waals surface area contributed by atoms with Crippen molar-refractivity contribution in [2.75, 3.05) is 0 Å². The van der Waals surface area contributed by atoms with Crippen molar-refractivity contribution in [3.8, 4) is 0 Å². The minimum absolute atomic E-state index is 0.111. The summed E-state index contributed by atoms with van der Waals surface area (Å²) < 4.78 is 3.26. The molecular weight excluding hydrogens is 556 g/mol. The topological polar surface area (TPSA) is 40.1 Å². The van der Waals surface area contributed by atoms with Gasteiger partial charge in [0.25, 0.3) is 0 Å². The van der Waals surface area contributed by atoms with Crippen LogP contribution >= 0.6 is 47.8 Å². The number of carboxylic acids is 1. The molecule has 0 saturated heterocycles. The largest absolute Gasteiger partial charge is 0.550 e. The predicted molar refractivity (Wildman–Crippen MR) is 120 cm³/mol. The lowest BCUT2D eigenvalue weighted by molar-refractivity contribution is -0.305. The molecule has 0 unspecified atom stereocenters. The number of hydrogen-bond acceptors (Lipinski definition) is 2. The molecule has 3 aromatic carbocycles. The molecule has 6 heteroatoms. The van der Waals surface area contributed by atoms with E-state index in [0.29, 0.717) is 0 Å². The van der Waals surface area contributed by atoms with Gasteiger partial charge in [0.1, 0.15) is 10.9 Å². The molecule has 0 heterocycles. The fourth-order valence-electron chi connectivity index (χ4n) is 2.21. The summed E-state index contributed by atoms with van der Waals surface area (Å²) >= 11 is 11.0. The second-order valence-corrected chi connectivity index (χ2v) is 9.94. The molecular formula is C21H17Br3O2S. The van der Waals surface area contributed by atoms with Crippen molar-refractivity contribution >= 4 is 64.7 Å². The highest BCUT2D eigenvalue weighted by atomic mass is 79.9. The second kappa shape index (κ2) is 11.1. The minimum Gasteiger partial charge on any atom is -0.550 e. The van der Waals surface area contributed by atoms with Crippen molar-refractivity contribution < 1.29 is 9.90 Å². The van der Waals surface area contributed by atoms with Crippen LogP contribution in [-0.2, 0) is 15.7 Å². The molecule has 140 valence electrons. The molecule has 0 aliphatic heterocycles. The van der Waals surface area contributed by atoms with Gasteiger partial charge in [0.2, 0.25) is 0 Å². The lowest BCUT2D eigenvalue weighted by Crippen LogP contribution is -2.19. The van der Waals surface area contributed by atoms with Gasteiger partial charge in [0.15, 0.2) is 14.7 Å². The number of benzene rings is 3.